The zero-order chi connectivity index (χ0) is 13.0. The van der Waals surface area contributed by atoms with Crippen molar-refractivity contribution in [2.45, 2.75) is 55.4 Å². The number of carbonyl (C=O) groups is 1. The Labute approximate surface area is 113 Å². The zero-order valence-electron chi connectivity index (χ0n) is 11.1. The molecule has 4 nitrogen and oxygen atoms in total. The van der Waals surface area contributed by atoms with E-state index in [1.807, 2.05) is 18.8 Å². The Morgan fingerprint density at radius 2 is 2.33 bits per heavy atom. The second kappa shape index (κ2) is 6.26. The predicted octanol–water partition coefficient (Wildman–Crippen LogP) is 1.28. The molecule has 1 saturated carbocycles. The summed E-state index contributed by atoms with van der Waals surface area (Å²) in [5.74, 6) is 0.857. The normalized spacial score (nSPS) is 36.7. The van der Waals surface area contributed by atoms with Crippen LogP contribution in [0.4, 0.5) is 0 Å². The lowest BCUT2D eigenvalue weighted by atomic mass is 9.81. The van der Waals surface area contributed by atoms with Crippen molar-refractivity contribution >= 4 is 17.7 Å². The van der Waals surface area contributed by atoms with Crippen molar-refractivity contribution in [3.05, 3.63) is 0 Å². The van der Waals surface area contributed by atoms with Crippen LogP contribution in [0.2, 0.25) is 0 Å². The third-order valence-electron chi connectivity index (χ3n) is 4.20. The van der Waals surface area contributed by atoms with E-state index < -0.39 is 5.54 Å². The van der Waals surface area contributed by atoms with E-state index in [9.17, 15) is 4.79 Å². The summed E-state index contributed by atoms with van der Waals surface area (Å²) in [6, 6.07) is 0. The van der Waals surface area contributed by atoms with Crippen molar-refractivity contribution in [1.82, 2.24) is 5.32 Å². The lowest BCUT2D eigenvalue weighted by Gasteiger charge is -2.38. The third kappa shape index (κ3) is 3.19. The van der Waals surface area contributed by atoms with Crippen LogP contribution >= 0.6 is 11.8 Å². The molecule has 0 radical (unpaired) electrons. The number of thioether (sulfide) groups is 1. The van der Waals surface area contributed by atoms with E-state index in [4.69, 9.17) is 10.5 Å². The minimum absolute atomic E-state index is 0.201. The molecule has 2 rings (SSSR count). The maximum absolute atomic E-state index is 11.6. The van der Waals surface area contributed by atoms with Crippen LogP contribution < -0.4 is 11.1 Å². The van der Waals surface area contributed by atoms with Gasteiger partial charge in [-0.05, 0) is 45.6 Å². The number of nitrogens with two attached hydrogens (primary N) is 1. The van der Waals surface area contributed by atoms with Gasteiger partial charge >= 0.3 is 0 Å². The topological polar surface area (TPSA) is 64.3 Å². The number of rotatable bonds is 5. The molecule has 3 unspecified atom stereocenters. The van der Waals surface area contributed by atoms with Gasteiger partial charge in [-0.1, -0.05) is 0 Å². The molecule has 0 aromatic heterocycles. The fourth-order valence-corrected chi connectivity index (χ4v) is 4.45. The van der Waals surface area contributed by atoms with E-state index in [2.05, 4.69) is 5.32 Å². The summed E-state index contributed by atoms with van der Waals surface area (Å²) in [5.41, 5.74) is 5.08. The van der Waals surface area contributed by atoms with Crippen molar-refractivity contribution in [2.24, 2.45) is 5.73 Å². The van der Waals surface area contributed by atoms with Crippen LogP contribution in [0.3, 0.4) is 0 Å². The predicted molar refractivity (Wildman–Crippen MR) is 74.7 cm³/mol. The number of carbonyl (C=O) groups excluding carboxylic acids is 1. The van der Waals surface area contributed by atoms with E-state index in [1.165, 1.54) is 19.3 Å². The first kappa shape index (κ1) is 14.2. The molecule has 0 aromatic carbocycles. The summed E-state index contributed by atoms with van der Waals surface area (Å²) in [5, 5.41) is 3.69. The number of hydrogen-bond acceptors (Lipinski definition) is 4. The van der Waals surface area contributed by atoms with E-state index in [0.717, 1.165) is 31.6 Å². The fourth-order valence-electron chi connectivity index (χ4n) is 2.96. The molecule has 3 atom stereocenters. The second-order valence-electron chi connectivity index (χ2n) is 5.38. The Kier molecular flexibility index (Phi) is 4.92. The molecule has 0 spiro atoms. The molecule has 3 N–H and O–H groups in total. The molecule has 2 aliphatic rings. The number of amides is 1. The summed E-state index contributed by atoms with van der Waals surface area (Å²) in [6.45, 7) is 0.914. The largest absolute Gasteiger partial charge is 0.377 e. The SMILES string of the molecule is CNC1(C(N)=O)CCCC(SCC2CCCO2)C1. The van der Waals surface area contributed by atoms with Gasteiger partial charge in [-0.2, -0.15) is 11.8 Å². The zero-order valence-corrected chi connectivity index (χ0v) is 11.9. The van der Waals surface area contributed by atoms with Crippen molar-refractivity contribution in [3.8, 4) is 0 Å². The van der Waals surface area contributed by atoms with Gasteiger partial charge in [0.2, 0.25) is 5.91 Å². The first-order chi connectivity index (χ1) is 8.66. The van der Waals surface area contributed by atoms with Crippen molar-refractivity contribution in [2.75, 3.05) is 19.4 Å². The van der Waals surface area contributed by atoms with Gasteiger partial charge in [0.05, 0.1) is 11.6 Å². The fraction of sp³-hybridized carbons (Fsp3) is 0.923. The second-order valence-corrected chi connectivity index (χ2v) is 6.72. The van der Waals surface area contributed by atoms with E-state index in [-0.39, 0.29) is 5.91 Å². The lowest BCUT2D eigenvalue weighted by Crippen LogP contribution is -2.57. The van der Waals surface area contributed by atoms with Crippen LogP contribution in [0.25, 0.3) is 0 Å². The van der Waals surface area contributed by atoms with Crippen LogP contribution in [0.1, 0.15) is 38.5 Å². The number of ether oxygens (including phenoxy) is 1. The number of primary amides is 1. The number of hydrogen-bond donors (Lipinski definition) is 2. The standard InChI is InChI=1S/C13H24N2O2S/c1-15-13(12(14)16)6-2-5-11(8-13)18-9-10-4-3-7-17-10/h10-11,15H,2-9H2,1H3,(H2,14,16). The van der Waals surface area contributed by atoms with Gasteiger partial charge in [-0.15, -0.1) is 0 Å². The quantitative estimate of drug-likeness (QED) is 0.791. The smallest absolute Gasteiger partial charge is 0.237 e. The van der Waals surface area contributed by atoms with Gasteiger partial charge in [-0.25, -0.2) is 0 Å². The van der Waals surface area contributed by atoms with E-state index in [0.29, 0.717) is 11.4 Å². The molecule has 1 aliphatic carbocycles. The Balaban J connectivity index is 1.83. The van der Waals surface area contributed by atoms with Crippen LogP contribution in [0.5, 0.6) is 0 Å². The van der Waals surface area contributed by atoms with Crippen LogP contribution in [0, 0.1) is 0 Å². The summed E-state index contributed by atoms with van der Waals surface area (Å²) < 4.78 is 5.64. The highest BCUT2D eigenvalue weighted by Crippen LogP contribution is 2.35. The van der Waals surface area contributed by atoms with Crippen LogP contribution in [-0.2, 0) is 9.53 Å². The molecular formula is C13H24N2O2S. The molecule has 0 aromatic rings. The molecule has 1 amide bonds. The minimum Gasteiger partial charge on any atom is -0.377 e. The summed E-state index contributed by atoms with van der Waals surface area (Å²) in [4.78, 5) is 11.6. The van der Waals surface area contributed by atoms with Crippen molar-refractivity contribution < 1.29 is 9.53 Å². The molecule has 18 heavy (non-hydrogen) atoms. The molecule has 1 aliphatic heterocycles. The minimum atomic E-state index is -0.480. The molecule has 1 heterocycles. The molecule has 2 fully saturated rings. The number of likely N-dealkylation sites (N-methyl/N-ethyl adjacent to an activating group) is 1. The van der Waals surface area contributed by atoms with Crippen LogP contribution in [0.15, 0.2) is 0 Å². The van der Waals surface area contributed by atoms with Gasteiger partial charge in [0.1, 0.15) is 0 Å². The molecule has 5 heteroatoms. The van der Waals surface area contributed by atoms with Gasteiger partial charge in [-0.3, -0.25) is 4.79 Å². The summed E-state index contributed by atoms with van der Waals surface area (Å²) in [6.07, 6.45) is 6.80. The Morgan fingerprint density at radius 3 is 2.94 bits per heavy atom. The highest BCUT2D eigenvalue weighted by Gasteiger charge is 2.40. The first-order valence-corrected chi connectivity index (χ1v) is 7.93. The Morgan fingerprint density at radius 1 is 1.50 bits per heavy atom. The maximum Gasteiger partial charge on any atom is 0.237 e. The Bertz CT molecular complexity index is 295. The van der Waals surface area contributed by atoms with Gasteiger partial charge in [0.25, 0.3) is 0 Å². The lowest BCUT2D eigenvalue weighted by molar-refractivity contribution is -0.125. The van der Waals surface area contributed by atoms with E-state index in [1.54, 1.807) is 0 Å². The van der Waals surface area contributed by atoms with Crippen LogP contribution in [-0.4, -0.2) is 42.2 Å². The van der Waals surface area contributed by atoms with Gasteiger partial charge < -0.3 is 15.8 Å². The van der Waals surface area contributed by atoms with Gasteiger partial charge in [0.15, 0.2) is 0 Å². The average molecular weight is 272 g/mol. The highest BCUT2D eigenvalue weighted by atomic mass is 32.2. The Hall–Kier alpha value is -0.260. The molecule has 0 bridgehead atoms. The molecule has 104 valence electrons. The number of nitrogens with one attached hydrogen (secondary N) is 1. The monoisotopic (exact) mass is 272 g/mol. The summed E-state index contributed by atoms with van der Waals surface area (Å²) in [7, 11) is 1.85. The third-order valence-corrected chi connectivity index (χ3v) is 5.64. The molecular weight excluding hydrogens is 248 g/mol. The van der Waals surface area contributed by atoms with E-state index >= 15 is 0 Å². The van der Waals surface area contributed by atoms with Crippen molar-refractivity contribution in [3.63, 3.8) is 0 Å². The van der Waals surface area contributed by atoms with Crippen molar-refractivity contribution in [1.29, 1.82) is 0 Å². The molecule has 1 saturated heterocycles. The first-order valence-electron chi connectivity index (χ1n) is 6.88. The average Bonchev–Trinajstić information content (AvgIpc) is 2.89. The highest BCUT2D eigenvalue weighted by molar-refractivity contribution is 7.99. The maximum atomic E-state index is 11.6. The van der Waals surface area contributed by atoms with Gasteiger partial charge in [0, 0.05) is 17.6 Å². The summed E-state index contributed by atoms with van der Waals surface area (Å²) >= 11 is 1.96.